The molecule has 0 spiro atoms. The average Bonchev–Trinajstić information content (AvgIpc) is 3.41. The van der Waals surface area contributed by atoms with Crippen LogP contribution in [0.15, 0.2) is 53.1 Å². The number of carbonyl (C=O) groups excluding carboxylic acids is 1. The van der Waals surface area contributed by atoms with Gasteiger partial charge in [-0.25, -0.2) is 4.39 Å². The lowest BCUT2D eigenvalue weighted by molar-refractivity contribution is 0.0955. The Hall–Kier alpha value is -3.15. The van der Waals surface area contributed by atoms with Crippen molar-refractivity contribution in [3.8, 4) is 17.0 Å². The molecule has 1 N–H and O–H groups in total. The van der Waals surface area contributed by atoms with Crippen molar-refractivity contribution < 1.29 is 18.4 Å². The quantitative estimate of drug-likeness (QED) is 0.598. The lowest BCUT2D eigenvalue weighted by atomic mass is 10.1. The number of amides is 1. The summed E-state index contributed by atoms with van der Waals surface area (Å²) in [7, 11) is 0. The number of carbonyl (C=O) groups is 1. The molecule has 1 amide bonds. The van der Waals surface area contributed by atoms with Gasteiger partial charge in [-0.1, -0.05) is 23.4 Å². The summed E-state index contributed by atoms with van der Waals surface area (Å²) in [5.74, 6) is 1.50. The summed E-state index contributed by atoms with van der Waals surface area (Å²) in [4.78, 5) is 11.8. The second-order valence-electron chi connectivity index (χ2n) is 7.31. The number of rotatable bonds is 8. The lowest BCUT2D eigenvalue weighted by Crippen LogP contribution is -2.22. The van der Waals surface area contributed by atoms with Crippen LogP contribution in [0.1, 0.15) is 41.4 Å². The van der Waals surface area contributed by atoms with Crippen molar-refractivity contribution in [1.82, 2.24) is 10.5 Å². The largest absolute Gasteiger partial charge is 0.489 e. The van der Waals surface area contributed by atoms with Gasteiger partial charge in [-0.05, 0) is 49.9 Å². The number of nitrogens with one attached hydrogen (secondary N) is 1. The molecule has 5 nitrogen and oxygen atoms in total. The number of halogens is 1. The van der Waals surface area contributed by atoms with Crippen LogP contribution >= 0.6 is 0 Å². The van der Waals surface area contributed by atoms with Gasteiger partial charge in [0.15, 0.2) is 0 Å². The second kappa shape index (κ2) is 8.47. The van der Waals surface area contributed by atoms with Gasteiger partial charge < -0.3 is 14.6 Å². The highest BCUT2D eigenvalue weighted by atomic mass is 19.1. The summed E-state index contributed by atoms with van der Waals surface area (Å²) < 4.78 is 25.5. The standard InChI is InChI=1S/C23H23FN2O3/c1-2-25-23(27)17-8-9-18(21(24)12-17)14-28-19-5-3-4-16(11-19)22-13-20(29-26-22)10-15-6-7-15/h3-5,8-9,11-13,15H,2,6-7,10,14H2,1H3,(H,25,27). The van der Waals surface area contributed by atoms with E-state index < -0.39 is 5.82 Å². The maximum Gasteiger partial charge on any atom is 0.251 e. The van der Waals surface area contributed by atoms with Crippen LogP contribution in [0, 0.1) is 11.7 Å². The fourth-order valence-corrected chi connectivity index (χ4v) is 3.13. The third-order valence-corrected chi connectivity index (χ3v) is 4.92. The van der Waals surface area contributed by atoms with Gasteiger partial charge >= 0.3 is 0 Å². The minimum atomic E-state index is -0.467. The van der Waals surface area contributed by atoms with E-state index in [-0.39, 0.29) is 12.5 Å². The van der Waals surface area contributed by atoms with E-state index in [1.165, 1.54) is 18.9 Å². The van der Waals surface area contributed by atoms with E-state index in [0.717, 1.165) is 29.4 Å². The number of benzene rings is 2. The fourth-order valence-electron chi connectivity index (χ4n) is 3.13. The maximum absolute atomic E-state index is 14.3. The minimum Gasteiger partial charge on any atom is -0.489 e. The van der Waals surface area contributed by atoms with Crippen molar-refractivity contribution in [2.75, 3.05) is 6.54 Å². The first-order valence-electron chi connectivity index (χ1n) is 9.88. The molecular weight excluding hydrogens is 371 g/mol. The number of hydrogen-bond donors (Lipinski definition) is 1. The van der Waals surface area contributed by atoms with E-state index in [9.17, 15) is 9.18 Å². The molecule has 0 aliphatic heterocycles. The Balaban J connectivity index is 1.41. The van der Waals surface area contributed by atoms with Crippen molar-refractivity contribution in [1.29, 1.82) is 0 Å². The molecule has 1 aliphatic rings. The van der Waals surface area contributed by atoms with Crippen LogP contribution in [0.5, 0.6) is 5.75 Å². The molecule has 0 saturated heterocycles. The number of aromatic nitrogens is 1. The molecule has 2 aromatic carbocycles. The molecule has 0 unspecified atom stereocenters. The number of ether oxygens (including phenoxy) is 1. The van der Waals surface area contributed by atoms with Gasteiger partial charge in [0.2, 0.25) is 0 Å². The third kappa shape index (κ3) is 4.83. The minimum absolute atomic E-state index is 0.0662. The van der Waals surface area contributed by atoms with Gasteiger partial charge in [0.05, 0.1) is 0 Å². The maximum atomic E-state index is 14.3. The van der Waals surface area contributed by atoms with Crippen LogP contribution in [0.4, 0.5) is 4.39 Å². The van der Waals surface area contributed by atoms with E-state index in [1.807, 2.05) is 37.3 Å². The summed E-state index contributed by atoms with van der Waals surface area (Å²) in [5, 5.41) is 6.81. The Kier molecular flexibility index (Phi) is 5.60. The highest BCUT2D eigenvalue weighted by molar-refractivity contribution is 5.94. The Bertz CT molecular complexity index is 1010. The Labute approximate surface area is 168 Å². The molecule has 0 radical (unpaired) electrons. The highest BCUT2D eigenvalue weighted by Gasteiger charge is 2.23. The van der Waals surface area contributed by atoms with E-state index in [2.05, 4.69) is 10.5 Å². The van der Waals surface area contributed by atoms with Crippen molar-refractivity contribution in [3.05, 3.63) is 71.2 Å². The monoisotopic (exact) mass is 394 g/mol. The summed E-state index contributed by atoms with van der Waals surface area (Å²) in [6, 6.07) is 13.9. The molecule has 150 valence electrons. The predicted octanol–water partition coefficient (Wildman–Crippen LogP) is 4.76. The first kappa shape index (κ1) is 19.2. The van der Waals surface area contributed by atoms with E-state index in [1.54, 1.807) is 12.1 Å². The lowest BCUT2D eigenvalue weighted by Gasteiger charge is -2.09. The van der Waals surface area contributed by atoms with Gasteiger partial charge in [-0.15, -0.1) is 0 Å². The Morgan fingerprint density at radius 3 is 2.86 bits per heavy atom. The van der Waals surface area contributed by atoms with Crippen molar-refractivity contribution in [2.45, 2.75) is 32.8 Å². The molecule has 1 fully saturated rings. The first-order chi connectivity index (χ1) is 14.1. The molecule has 4 rings (SSSR count). The molecule has 0 bridgehead atoms. The Morgan fingerprint density at radius 1 is 1.24 bits per heavy atom. The van der Waals surface area contributed by atoms with Crippen molar-refractivity contribution in [3.63, 3.8) is 0 Å². The van der Waals surface area contributed by atoms with Crippen LogP contribution in [-0.2, 0) is 13.0 Å². The smallest absolute Gasteiger partial charge is 0.251 e. The molecule has 1 aromatic heterocycles. The molecule has 29 heavy (non-hydrogen) atoms. The van der Waals surface area contributed by atoms with E-state index in [0.29, 0.717) is 23.4 Å². The van der Waals surface area contributed by atoms with Crippen LogP contribution in [0.25, 0.3) is 11.3 Å². The van der Waals surface area contributed by atoms with Crippen LogP contribution < -0.4 is 10.1 Å². The molecular formula is C23H23FN2O3. The van der Waals surface area contributed by atoms with Gasteiger partial charge in [-0.3, -0.25) is 4.79 Å². The highest BCUT2D eigenvalue weighted by Crippen LogP contribution is 2.33. The molecule has 1 heterocycles. The SMILES string of the molecule is CCNC(=O)c1ccc(COc2cccc(-c3cc(CC4CC4)on3)c2)c(F)c1. The predicted molar refractivity (Wildman–Crippen MR) is 107 cm³/mol. The molecule has 1 saturated carbocycles. The molecule has 3 aromatic rings. The zero-order valence-corrected chi connectivity index (χ0v) is 16.3. The van der Waals surface area contributed by atoms with Gasteiger partial charge in [0, 0.05) is 35.7 Å². The molecule has 0 atom stereocenters. The third-order valence-electron chi connectivity index (χ3n) is 4.92. The van der Waals surface area contributed by atoms with Crippen LogP contribution in [0.2, 0.25) is 0 Å². The van der Waals surface area contributed by atoms with Crippen molar-refractivity contribution in [2.24, 2.45) is 5.92 Å². The second-order valence-corrected chi connectivity index (χ2v) is 7.31. The van der Waals surface area contributed by atoms with Crippen LogP contribution in [-0.4, -0.2) is 17.6 Å². The molecule has 6 heteroatoms. The summed E-state index contributed by atoms with van der Waals surface area (Å²) in [5.41, 5.74) is 2.34. The number of nitrogens with zero attached hydrogens (tertiary/aromatic N) is 1. The zero-order valence-electron chi connectivity index (χ0n) is 16.3. The Morgan fingerprint density at radius 2 is 2.10 bits per heavy atom. The summed E-state index contributed by atoms with van der Waals surface area (Å²) in [6.45, 7) is 2.38. The van der Waals surface area contributed by atoms with Gasteiger partial charge in [0.25, 0.3) is 5.91 Å². The topological polar surface area (TPSA) is 64.4 Å². The van der Waals surface area contributed by atoms with Crippen molar-refractivity contribution >= 4 is 5.91 Å². The zero-order chi connectivity index (χ0) is 20.2. The number of hydrogen-bond acceptors (Lipinski definition) is 4. The van der Waals surface area contributed by atoms with E-state index >= 15 is 0 Å². The summed E-state index contributed by atoms with van der Waals surface area (Å²) in [6.07, 6.45) is 3.47. The molecule has 1 aliphatic carbocycles. The van der Waals surface area contributed by atoms with Crippen LogP contribution in [0.3, 0.4) is 0 Å². The van der Waals surface area contributed by atoms with E-state index in [4.69, 9.17) is 9.26 Å². The van der Waals surface area contributed by atoms with Gasteiger partial charge in [0.1, 0.15) is 29.6 Å². The van der Waals surface area contributed by atoms with Gasteiger partial charge in [-0.2, -0.15) is 0 Å². The summed E-state index contributed by atoms with van der Waals surface area (Å²) >= 11 is 0. The first-order valence-corrected chi connectivity index (χ1v) is 9.88. The normalized spacial score (nSPS) is 13.3. The fraction of sp³-hybridized carbons (Fsp3) is 0.304. The average molecular weight is 394 g/mol.